The van der Waals surface area contributed by atoms with Gasteiger partial charge < -0.3 is 19.9 Å². The molecule has 2 heterocycles. The Morgan fingerprint density at radius 1 is 1.15 bits per heavy atom. The number of piperazine rings is 1. The molecule has 2 aromatic rings. The van der Waals surface area contributed by atoms with Crippen molar-refractivity contribution < 1.29 is 14.3 Å². The molecule has 8 nitrogen and oxygen atoms in total. The maximum absolute atomic E-state index is 12.7. The molecule has 9 heteroatoms. The van der Waals surface area contributed by atoms with E-state index in [1.54, 1.807) is 34.9 Å². The number of carbonyl (C=O) groups excluding carboxylic acids is 2. The topological polar surface area (TPSA) is 87.7 Å². The summed E-state index contributed by atoms with van der Waals surface area (Å²) >= 11 is 6.12. The summed E-state index contributed by atoms with van der Waals surface area (Å²) in [6.45, 7) is 3.81. The van der Waals surface area contributed by atoms with E-state index in [1.165, 1.54) is 6.20 Å². The molecule has 0 spiro atoms. The van der Waals surface area contributed by atoms with Gasteiger partial charge in [0, 0.05) is 32.4 Å². The van der Waals surface area contributed by atoms with Gasteiger partial charge >= 0.3 is 6.09 Å². The third kappa shape index (κ3) is 4.65. The number of anilines is 2. The predicted molar refractivity (Wildman–Crippen MR) is 101 cm³/mol. The smallest absolute Gasteiger partial charge is 0.409 e. The molecule has 1 fully saturated rings. The number of ether oxygens (including phenoxy) is 1. The van der Waals surface area contributed by atoms with Gasteiger partial charge in [-0.3, -0.25) is 4.79 Å². The molecule has 3 rings (SSSR count). The fourth-order valence-corrected chi connectivity index (χ4v) is 2.87. The van der Waals surface area contributed by atoms with Crippen LogP contribution in [0.2, 0.25) is 5.02 Å². The molecule has 0 unspecified atom stereocenters. The lowest BCUT2D eigenvalue weighted by Crippen LogP contribution is -2.50. The van der Waals surface area contributed by atoms with E-state index >= 15 is 0 Å². The molecule has 1 N–H and O–H groups in total. The van der Waals surface area contributed by atoms with Crippen LogP contribution in [-0.4, -0.2) is 64.6 Å². The van der Waals surface area contributed by atoms with E-state index in [0.29, 0.717) is 49.4 Å². The van der Waals surface area contributed by atoms with Crippen LogP contribution < -0.4 is 5.32 Å². The molecule has 2 amide bonds. The zero-order valence-corrected chi connectivity index (χ0v) is 15.6. The molecular weight excluding hydrogens is 370 g/mol. The standard InChI is InChI=1S/C18H20ClN5O3/c1-2-27-18(26)24-11-9-23(10-12-24)16(25)15-7-8-20-17(22-15)21-14-6-4-3-5-13(14)19/h3-8H,2,9-12H2,1H3,(H,20,21,22). The van der Waals surface area contributed by atoms with Crippen LogP contribution in [0, 0.1) is 0 Å². The van der Waals surface area contributed by atoms with Crippen molar-refractivity contribution in [1.29, 1.82) is 0 Å². The van der Waals surface area contributed by atoms with Gasteiger partial charge in [-0.15, -0.1) is 0 Å². The highest BCUT2D eigenvalue weighted by atomic mass is 35.5. The van der Waals surface area contributed by atoms with Gasteiger partial charge in [-0.1, -0.05) is 23.7 Å². The van der Waals surface area contributed by atoms with E-state index in [4.69, 9.17) is 16.3 Å². The summed E-state index contributed by atoms with van der Waals surface area (Å²) in [4.78, 5) is 36.2. The molecule has 1 aliphatic rings. The highest BCUT2D eigenvalue weighted by Gasteiger charge is 2.26. The number of para-hydroxylation sites is 1. The summed E-state index contributed by atoms with van der Waals surface area (Å²) in [7, 11) is 0. The Morgan fingerprint density at radius 3 is 2.56 bits per heavy atom. The molecule has 1 aliphatic heterocycles. The number of halogens is 1. The van der Waals surface area contributed by atoms with Crippen molar-refractivity contribution in [3.8, 4) is 0 Å². The van der Waals surface area contributed by atoms with Gasteiger partial charge in [0.15, 0.2) is 0 Å². The number of nitrogens with zero attached hydrogens (tertiary/aromatic N) is 4. The quantitative estimate of drug-likeness (QED) is 0.865. The van der Waals surface area contributed by atoms with Crippen LogP contribution in [0.5, 0.6) is 0 Å². The Morgan fingerprint density at radius 2 is 1.85 bits per heavy atom. The largest absolute Gasteiger partial charge is 0.450 e. The number of benzene rings is 1. The van der Waals surface area contributed by atoms with Gasteiger partial charge in [0.25, 0.3) is 5.91 Å². The van der Waals surface area contributed by atoms with Crippen LogP contribution in [-0.2, 0) is 4.74 Å². The van der Waals surface area contributed by atoms with E-state index in [2.05, 4.69) is 15.3 Å². The molecule has 0 saturated carbocycles. The third-order valence-electron chi connectivity index (χ3n) is 4.09. The molecule has 27 heavy (non-hydrogen) atoms. The highest BCUT2D eigenvalue weighted by Crippen LogP contribution is 2.23. The van der Waals surface area contributed by atoms with E-state index < -0.39 is 0 Å². The average Bonchev–Trinajstić information content (AvgIpc) is 2.70. The molecule has 1 aromatic carbocycles. The van der Waals surface area contributed by atoms with Crippen LogP contribution >= 0.6 is 11.6 Å². The van der Waals surface area contributed by atoms with E-state index in [9.17, 15) is 9.59 Å². The molecular formula is C18H20ClN5O3. The van der Waals surface area contributed by atoms with E-state index in [-0.39, 0.29) is 17.7 Å². The minimum atomic E-state index is -0.349. The first kappa shape index (κ1) is 18.9. The fourth-order valence-electron chi connectivity index (χ4n) is 2.69. The maximum Gasteiger partial charge on any atom is 0.409 e. The number of carbonyl (C=O) groups is 2. The van der Waals surface area contributed by atoms with Crippen LogP contribution in [0.3, 0.4) is 0 Å². The summed E-state index contributed by atoms with van der Waals surface area (Å²) < 4.78 is 4.99. The Hall–Kier alpha value is -2.87. The SMILES string of the molecule is CCOC(=O)N1CCN(C(=O)c2ccnc(Nc3ccccc3Cl)n2)CC1. The number of amides is 2. The second kappa shape index (κ2) is 8.68. The highest BCUT2D eigenvalue weighted by molar-refractivity contribution is 6.33. The molecule has 0 radical (unpaired) electrons. The van der Waals surface area contributed by atoms with Gasteiger partial charge in [-0.25, -0.2) is 14.8 Å². The van der Waals surface area contributed by atoms with Crippen LogP contribution in [0.1, 0.15) is 17.4 Å². The van der Waals surface area contributed by atoms with Crippen molar-refractivity contribution in [3.63, 3.8) is 0 Å². The summed E-state index contributed by atoms with van der Waals surface area (Å²) in [6.07, 6.45) is 1.17. The molecule has 1 aromatic heterocycles. The zero-order valence-electron chi connectivity index (χ0n) is 14.9. The Labute approximate surface area is 162 Å². The normalized spacial score (nSPS) is 14.0. The third-order valence-corrected chi connectivity index (χ3v) is 4.42. The number of rotatable bonds is 4. The number of hydrogen-bond acceptors (Lipinski definition) is 6. The number of nitrogens with one attached hydrogen (secondary N) is 1. The summed E-state index contributed by atoms with van der Waals surface area (Å²) in [6, 6.07) is 8.78. The van der Waals surface area contributed by atoms with E-state index in [1.807, 2.05) is 12.1 Å². The van der Waals surface area contributed by atoms with Crippen molar-refractivity contribution in [3.05, 3.63) is 47.2 Å². The zero-order chi connectivity index (χ0) is 19.2. The monoisotopic (exact) mass is 389 g/mol. The first-order valence-corrected chi connectivity index (χ1v) is 9.02. The first-order chi connectivity index (χ1) is 13.1. The fraction of sp³-hybridized carbons (Fsp3) is 0.333. The minimum Gasteiger partial charge on any atom is -0.450 e. The van der Waals surface area contributed by atoms with Crippen LogP contribution in [0.25, 0.3) is 0 Å². The summed E-state index contributed by atoms with van der Waals surface area (Å²) in [5.41, 5.74) is 0.941. The second-order valence-corrected chi connectivity index (χ2v) is 6.26. The average molecular weight is 390 g/mol. The maximum atomic E-state index is 12.7. The van der Waals surface area contributed by atoms with Crippen LogP contribution in [0.15, 0.2) is 36.5 Å². The number of hydrogen-bond donors (Lipinski definition) is 1. The van der Waals surface area contributed by atoms with Gasteiger partial charge in [0.05, 0.1) is 17.3 Å². The molecule has 0 bridgehead atoms. The Kier molecular flexibility index (Phi) is 6.08. The van der Waals surface area contributed by atoms with Crippen molar-refractivity contribution in [1.82, 2.24) is 19.8 Å². The van der Waals surface area contributed by atoms with Crippen molar-refractivity contribution >= 4 is 35.2 Å². The van der Waals surface area contributed by atoms with Crippen LogP contribution in [0.4, 0.5) is 16.4 Å². The molecule has 1 saturated heterocycles. The Bertz CT molecular complexity index is 824. The van der Waals surface area contributed by atoms with Gasteiger partial charge in [-0.2, -0.15) is 0 Å². The van der Waals surface area contributed by atoms with Crippen molar-refractivity contribution in [2.24, 2.45) is 0 Å². The van der Waals surface area contributed by atoms with Gasteiger partial charge in [0.1, 0.15) is 5.69 Å². The van der Waals surface area contributed by atoms with Gasteiger partial charge in [-0.05, 0) is 25.1 Å². The summed E-state index contributed by atoms with van der Waals surface area (Å²) in [5.74, 6) is 0.0854. The lowest BCUT2D eigenvalue weighted by Gasteiger charge is -2.33. The molecule has 0 atom stereocenters. The molecule has 0 aliphatic carbocycles. The van der Waals surface area contributed by atoms with Crippen molar-refractivity contribution in [2.75, 3.05) is 38.1 Å². The lowest BCUT2D eigenvalue weighted by molar-refractivity contribution is 0.0566. The minimum absolute atomic E-state index is 0.205. The molecule has 142 valence electrons. The van der Waals surface area contributed by atoms with Gasteiger partial charge in [0.2, 0.25) is 5.95 Å². The Balaban J connectivity index is 1.64. The van der Waals surface area contributed by atoms with Crippen molar-refractivity contribution in [2.45, 2.75) is 6.92 Å². The van der Waals surface area contributed by atoms with E-state index in [0.717, 1.165) is 0 Å². The summed E-state index contributed by atoms with van der Waals surface area (Å²) in [5, 5.41) is 3.55. The second-order valence-electron chi connectivity index (χ2n) is 5.85. The number of aromatic nitrogens is 2. The lowest BCUT2D eigenvalue weighted by atomic mass is 10.3. The first-order valence-electron chi connectivity index (χ1n) is 8.64. The predicted octanol–water partition coefficient (Wildman–Crippen LogP) is 2.79.